The summed E-state index contributed by atoms with van der Waals surface area (Å²) in [6.45, 7) is 9.41. The van der Waals surface area contributed by atoms with Gasteiger partial charge < -0.3 is 9.13 Å². The molecule has 0 saturated heterocycles. The summed E-state index contributed by atoms with van der Waals surface area (Å²) in [5.41, 5.74) is -0.568. The lowest BCUT2D eigenvalue weighted by Crippen LogP contribution is -2.30. The Morgan fingerprint density at radius 3 is 2.17 bits per heavy atom. The van der Waals surface area contributed by atoms with Crippen LogP contribution in [-0.4, -0.2) is 30.7 Å². The fourth-order valence-corrected chi connectivity index (χ4v) is 2.57. The van der Waals surface area contributed by atoms with E-state index in [-0.39, 0.29) is 11.6 Å². The third kappa shape index (κ3) is 3.32. The maximum atomic E-state index is 12.8. The normalized spacial score (nSPS) is 12.5. The molecule has 130 valence electrons. The molecule has 0 spiro atoms. The minimum Gasteiger partial charge on any atom is -0.332 e. The van der Waals surface area contributed by atoms with Crippen molar-refractivity contribution in [3.05, 3.63) is 35.9 Å². The number of rotatable bonds is 5. The molecule has 2 aromatic heterocycles. The maximum Gasteiger partial charge on any atom is 0.204 e. The molecule has 0 atom stereocenters. The number of carbonyl (C=O) groups is 2. The summed E-state index contributed by atoms with van der Waals surface area (Å²) in [5.74, 6) is 1.15. The van der Waals surface area contributed by atoms with Crippen LogP contribution in [0.15, 0.2) is 18.6 Å². The lowest BCUT2D eigenvalue weighted by Gasteiger charge is -2.23. The number of imidazole rings is 2. The van der Waals surface area contributed by atoms with Gasteiger partial charge in [-0.25, -0.2) is 9.97 Å². The first kappa shape index (κ1) is 18.1. The van der Waals surface area contributed by atoms with Gasteiger partial charge in [0.15, 0.2) is 11.6 Å². The summed E-state index contributed by atoms with van der Waals surface area (Å²) >= 11 is 0. The van der Waals surface area contributed by atoms with Crippen LogP contribution in [0, 0.1) is 10.8 Å². The molecule has 0 amide bonds. The highest BCUT2D eigenvalue weighted by molar-refractivity contribution is 5.98. The van der Waals surface area contributed by atoms with E-state index in [1.807, 2.05) is 41.7 Å². The molecule has 0 saturated carbocycles. The van der Waals surface area contributed by atoms with Gasteiger partial charge in [0.25, 0.3) is 0 Å². The summed E-state index contributed by atoms with van der Waals surface area (Å²) in [7, 11) is 3.62. The van der Waals surface area contributed by atoms with Gasteiger partial charge in [-0.2, -0.15) is 0 Å². The number of ketones is 2. The highest BCUT2D eigenvalue weighted by Crippen LogP contribution is 2.27. The Labute approximate surface area is 142 Å². The van der Waals surface area contributed by atoms with Crippen molar-refractivity contribution in [1.82, 2.24) is 19.1 Å². The zero-order valence-electron chi connectivity index (χ0n) is 15.5. The van der Waals surface area contributed by atoms with Crippen LogP contribution in [0.1, 0.15) is 61.6 Å². The molecule has 6 heteroatoms. The Bertz CT molecular complexity index is 775. The SMILES string of the molecule is Cn1ccnc1C(=O)C(C)(C)Cc1ncc(C(=O)C(C)(C)C)n1C. The van der Waals surface area contributed by atoms with Gasteiger partial charge >= 0.3 is 0 Å². The standard InChI is InChI=1S/C18H26N4O2/c1-17(2,3)14(23)12-11-20-13(22(12)7)10-18(4,5)15(24)16-19-8-9-21(16)6/h8-9,11H,10H2,1-7H3. The van der Waals surface area contributed by atoms with Crippen LogP contribution in [0.4, 0.5) is 0 Å². The van der Waals surface area contributed by atoms with Gasteiger partial charge in [-0.3, -0.25) is 9.59 Å². The van der Waals surface area contributed by atoms with E-state index in [1.54, 1.807) is 34.8 Å². The molecule has 2 heterocycles. The lowest BCUT2D eigenvalue weighted by atomic mass is 9.83. The first-order chi connectivity index (χ1) is 10.9. The summed E-state index contributed by atoms with van der Waals surface area (Å²) in [4.78, 5) is 33.8. The Morgan fingerprint density at radius 2 is 1.67 bits per heavy atom. The van der Waals surface area contributed by atoms with E-state index in [0.717, 1.165) is 5.82 Å². The van der Waals surface area contributed by atoms with Crippen LogP contribution in [0.5, 0.6) is 0 Å². The molecule has 0 radical (unpaired) electrons. The van der Waals surface area contributed by atoms with E-state index in [1.165, 1.54) is 0 Å². The molecule has 0 unspecified atom stereocenters. The topological polar surface area (TPSA) is 69.8 Å². The Balaban J connectivity index is 2.28. The van der Waals surface area contributed by atoms with Gasteiger partial charge in [-0.1, -0.05) is 34.6 Å². The second-order valence-corrected chi connectivity index (χ2v) is 7.95. The predicted molar refractivity (Wildman–Crippen MR) is 92.0 cm³/mol. The monoisotopic (exact) mass is 330 g/mol. The van der Waals surface area contributed by atoms with Gasteiger partial charge in [-0.15, -0.1) is 0 Å². The Morgan fingerprint density at radius 1 is 1.04 bits per heavy atom. The molecule has 0 aliphatic rings. The highest BCUT2D eigenvalue weighted by Gasteiger charge is 2.34. The summed E-state index contributed by atoms with van der Waals surface area (Å²) < 4.78 is 3.51. The molecule has 0 N–H and O–H groups in total. The summed E-state index contributed by atoms with van der Waals surface area (Å²) in [6.07, 6.45) is 5.41. The van der Waals surface area contributed by atoms with Gasteiger partial charge in [0.2, 0.25) is 5.78 Å². The van der Waals surface area contributed by atoms with Crippen LogP contribution in [0.3, 0.4) is 0 Å². The quantitative estimate of drug-likeness (QED) is 0.791. The fourth-order valence-electron chi connectivity index (χ4n) is 2.57. The number of hydrogen-bond donors (Lipinski definition) is 0. The van der Waals surface area contributed by atoms with Gasteiger partial charge in [0, 0.05) is 43.7 Å². The Kier molecular flexibility index (Phi) is 4.52. The minimum absolute atomic E-state index is 0.0389. The van der Waals surface area contributed by atoms with E-state index < -0.39 is 10.8 Å². The van der Waals surface area contributed by atoms with E-state index in [2.05, 4.69) is 9.97 Å². The molecular formula is C18H26N4O2. The summed E-state index contributed by atoms with van der Waals surface area (Å²) in [6, 6.07) is 0. The van der Waals surface area contributed by atoms with Crippen LogP contribution in [0.25, 0.3) is 0 Å². The number of hydrogen-bond acceptors (Lipinski definition) is 4. The van der Waals surface area contributed by atoms with Crippen molar-refractivity contribution in [3.8, 4) is 0 Å². The first-order valence-electron chi connectivity index (χ1n) is 8.02. The number of aryl methyl sites for hydroxylation is 1. The predicted octanol–water partition coefficient (Wildman–Crippen LogP) is 2.83. The van der Waals surface area contributed by atoms with Crippen molar-refractivity contribution >= 4 is 11.6 Å². The van der Waals surface area contributed by atoms with Crippen molar-refractivity contribution in [2.75, 3.05) is 0 Å². The van der Waals surface area contributed by atoms with Crippen molar-refractivity contribution in [2.24, 2.45) is 24.9 Å². The highest BCUT2D eigenvalue weighted by atomic mass is 16.1. The van der Waals surface area contributed by atoms with Crippen molar-refractivity contribution in [3.63, 3.8) is 0 Å². The first-order valence-corrected chi connectivity index (χ1v) is 8.02. The summed E-state index contributed by atoms with van der Waals surface area (Å²) in [5, 5.41) is 0. The molecular weight excluding hydrogens is 304 g/mol. The minimum atomic E-state index is -0.666. The van der Waals surface area contributed by atoms with Gasteiger partial charge in [0.1, 0.15) is 11.5 Å². The largest absolute Gasteiger partial charge is 0.332 e. The third-order valence-electron chi connectivity index (χ3n) is 4.24. The van der Waals surface area contributed by atoms with Crippen LogP contribution in [0.2, 0.25) is 0 Å². The van der Waals surface area contributed by atoms with E-state index in [4.69, 9.17) is 0 Å². The lowest BCUT2D eigenvalue weighted by molar-refractivity contribution is 0.0819. The van der Waals surface area contributed by atoms with Crippen molar-refractivity contribution in [1.29, 1.82) is 0 Å². The van der Waals surface area contributed by atoms with Crippen molar-refractivity contribution in [2.45, 2.75) is 41.0 Å². The third-order valence-corrected chi connectivity index (χ3v) is 4.24. The van der Waals surface area contributed by atoms with Gasteiger partial charge in [0.05, 0.1) is 6.20 Å². The molecule has 0 aliphatic heterocycles. The maximum absolute atomic E-state index is 12.8. The zero-order chi connectivity index (χ0) is 18.3. The van der Waals surface area contributed by atoms with Crippen LogP contribution >= 0.6 is 0 Å². The molecule has 0 bridgehead atoms. The molecule has 24 heavy (non-hydrogen) atoms. The molecule has 6 nitrogen and oxygen atoms in total. The van der Waals surface area contributed by atoms with E-state index >= 15 is 0 Å². The molecule has 0 fully saturated rings. The fraction of sp³-hybridized carbons (Fsp3) is 0.556. The molecule has 2 aromatic rings. The van der Waals surface area contributed by atoms with E-state index in [9.17, 15) is 9.59 Å². The second kappa shape index (κ2) is 6.00. The zero-order valence-corrected chi connectivity index (χ0v) is 15.5. The second-order valence-electron chi connectivity index (χ2n) is 7.95. The number of aromatic nitrogens is 4. The van der Waals surface area contributed by atoms with E-state index in [0.29, 0.717) is 17.9 Å². The van der Waals surface area contributed by atoms with Crippen LogP contribution in [-0.2, 0) is 20.5 Å². The average molecular weight is 330 g/mol. The number of nitrogens with zero attached hydrogens (tertiary/aromatic N) is 4. The molecule has 0 aliphatic carbocycles. The molecule has 0 aromatic carbocycles. The average Bonchev–Trinajstić information content (AvgIpc) is 3.03. The van der Waals surface area contributed by atoms with Crippen LogP contribution < -0.4 is 0 Å². The number of carbonyl (C=O) groups excluding carboxylic acids is 2. The molecule has 2 rings (SSSR count). The van der Waals surface area contributed by atoms with Gasteiger partial charge in [-0.05, 0) is 0 Å². The number of Topliss-reactive ketones (excluding diaryl/α,β-unsaturated/α-hetero) is 2. The smallest absolute Gasteiger partial charge is 0.204 e. The Hall–Kier alpha value is -2.24. The van der Waals surface area contributed by atoms with Crippen molar-refractivity contribution < 1.29 is 9.59 Å².